The van der Waals surface area contributed by atoms with Gasteiger partial charge in [0.1, 0.15) is 11.6 Å². The summed E-state index contributed by atoms with van der Waals surface area (Å²) in [5.74, 6) is -1.74. The van der Waals surface area contributed by atoms with Crippen LogP contribution in [-0.2, 0) is 9.53 Å². The molecular weight excluding hydrogens is 424 g/mol. The van der Waals surface area contributed by atoms with Gasteiger partial charge in [0.2, 0.25) is 5.91 Å². The van der Waals surface area contributed by atoms with Crippen LogP contribution in [0.25, 0.3) is 16.6 Å². The average molecular weight is 445 g/mol. The molecule has 1 aliphatic heterocycles. The first-order valence-electron chi connectivity index (χ1n) is 9.86. The first kappa shape index (κ1) is 21.5. The lowest BCUT2D eigenvalue weighted by Crippen LogP contribution is -2.48. The van der Waals surface area contributed by atoms with Crippen LogP contribution in [0, 0.1) is 11.6 Å². The zero-order valence-electron chi connectivity index (χ0n) is 17.0. The number of para-hydroxylation sites is 1. The number of carbonyl (C=O) groups is 1. The molecule has 3 aromatic rings. The molecule has 2 aromatic carbocycles. The summed E-state index contributed by atoms with van der Waals surface area (Å²) in [6, 6.07) is 9.70. The molecule has 1 amide bonds. The van der Waals surface area contributed by atoms with Gasteiger partial charge in [-0.1, -0.05) is 23.9 Å². The van der Waals surface area contributed by atoms with Gasteiger partial charge in [-0.15, -0.1) is 0 Å². The fraction of sp³-hybridized carbons (Fsp3) is 0.318. The van der Waals surface area contributed by atoms with Gasteiger partial charge < -0.3 is 9.64 Å². The summed E-state index contributed by atoms with van der Waals surface area (Å²) in [5, 5.41) is 0.467. The number of benzene rings is 2. The lowest BCUT2D eigenvalue weighted by Gasteiger charge is -2.35. The number of hydrogen-bond donors (Lipinski definition) is 0. The molecule has 1 aliphatic rings. The van der Waals surface area contributed by atoms with Crippen molar-refractivity contribution in [3.8, 4) is 5.69 Å². The minimum atomic E-state index is -0.886. The highest BCUT2D eigenvalue weighted by Crippen LogP contribution is 2.24. The molecule has 0 aliphatic carbocycles. The number of amides is 1. The molecule has 2 heterocycles. The Bertz CT molecular complexity index is 1190. The summed E-state index contributed by atoms with van der Waals surface area (Å²) in [6.45, 7) is 4.77. The van der Waals surface area contributed by atoms with E-state index >= 15 is 0 Å². The van der Waals surface area contributed by atoms with Crippen LogP contribution in [0.15, 0.2) is 52.4 Å². The molecule has 2 unspecified atom stereocenters. The van der Waals surface area contributed by atoms with E-state index in [9.17, 15) is 18.4 Å². The first-order chi connectivity index (χ1) is 14.8. The average Bonchev–Trinajstić information content (AvgIpc) is 2.72. The van der Waals surface area contributed by atoms with Gasteiger partial charge in [0.25, 0.3) is 5.56 Å². The second kappa shape index (κ2) is 8.76. The number of aromatic nitrogens is 2. The number of nitrogens with zero attached hydrogens (tertiary/aromatic N) is 3. The molecule has 0 bridgehead atoms. The zero-order valence-corrected chi connectivity index (χ0v) is 17.9. The smallest absolute Gasteiger partial charge is 0.266 e. The van der Waals surface area contributed by atoms with Gasteiger partial charge in [0.15, 0.2) is 5.16 Å². The van der Waals surface area contributed by atoms with Crippen molar-refractivity contribution in [3.63, 3.8) is 0 Å². The molecule has 162 valence electrons. The molecule has 6 nitrogen and oxygen atoms in total. The van der Waals surface area contributed by atoms with Crippen LogP contribution >= 0.6 is 11.8 Å². The Morgan fingerprint density at radius 2 is 1.87 bits per heavy atom. The minimum Gasteiger partial charge on any atom is -0.372 e. The molecule has 1 saturated heterocycles. The predicted molar refractivity (Wildman–Crippen MR) is 115 cm³/mol. The largest absolute Gasteiger partial charge is 0.372 e. The number of morpholine rings is 1. The summed E-state index contributed by atoms with van der Waals surface area (Å²) >= 11 is 1.05. The molecule has 0 saturated carbocycles. The Labute approximate surface area is 181 Å². The van der Waals surface area contributed by atoms with Crippen molar-refractivity contribution in [1.29, 1.82) is 0 Å². The third kappa shape index (κ3) is 4.47. The number of halogens is 2. The molecule has 4 rings (SSSR count). The third-order valence-electron chi connectivity index (χ3n) is 4.99. The molecule has 2 atom stereocenters. The van der Waals surface area contributed by atoms with E-state index in [4.69, 9.17) is 4.74 Å². The lowest BCUT2D eigenvalue weighted by molar-refractivity contribution is -0.140. The highest BCUT2D eigenvalue weighted by atomic mass is 32.2. The van der Waals surface area contributed by atoms with Crippen LogP contribution in [0.5, 0.6) is 0 Å². The van der Waals surface area contributed by atoms with Crippen LogP contribution in [0.3, 0.4) is 0 Å². The molecule has 1 fully saturated rings. The monoisotopic (exact) mass is 445 g/mol. The number of carbonyl (C=O) groups excluding carboxylic acids is 1. The lowest BCUT2D eigenvalue weighted by atomic mass is 10.2. The van der Waals surface area contributed by atoms with Crippen LogP contribution < -0.4 is 5.56 Å². The predicted octanol–water partition coefficient (Wildman–Crippen LogP) is 3.39. The second-order valence-electron chi connectivity index (χ2n) is 7.49. The Kier molecular flexibility index (Phi) is 6.06. The molecular formula is C22H21F2N3O3S. The van der Waals surface area contributed by atoms with Gasteiger partial charge in [0, 0.05) is 19.2 Å². The van der Waals surface area contributed by atoms with E-state index in [2.05, 4.69) is 4.98 Å². The molecule has 1 aromatic heterocycles. The van der Waals surface area contributed by atoms with Gasteiger partial charge >= 0.3 is 0 Å². The van der Waals surface area contributed by atoms with Crippen molar-refractivity contribution >= 4 is 28.6 Å². The van der Waals surface area contributed by atoms with E-state index in [0.29, 0.717) is 30.1 Å². The maximum atomic E-state index is 14.5. The Balaban J connectivity index is 1.71. The van der Waals surface area contributed by atoms with Gasteiger partial charge in [0.05, 0.1) is 34.6 Å². The van der Waals surface area contributed by atoms with Crippen LogP contribution in [0.1, 0.15) is 13.8 Å². The maximum Gasteiger partial charge on any atom is 0.266 e. The zero-order chi connectivity index (χ0) is 22.1. The normalized spacial score (nSPS) is 19.0. The highest BCUT2D eigenvalue weighted by Gasteiger charge is 2.26. The van der Waals surface area contributed by atoms with E-state index in [-0.39, 0.29) is 34.7 Å². The Hall–Kier alpha value is -2.78. The van der Waals surface area contributed by atoms with Crippen LogP contribution in [-0.4, -0.2) is 51.4 Å². The first-order valence-corrected chi connectivity index (χ1v) is 10.9. The van der Waals surface area contributed by atoms with Crippen molar-refractivity contribution in [2.45, 2.75) is 31.2 Å². The van der Waals surface area contributed by atoms with Crippen molar-refractivity contribution in [1.82, 2.24) is 14.5 Å². The fourth-order valence-electron chi connectivity index (χ4n) is 3.68. The molecule has 31 heavy (non-hydrogen) atoms. The number of fused-ring (bicyclic) bond motifs is 1. The van der Waals surface area contributed by atoms with E-state index in [1.807, 2.05) is 13.8 Å². The van der Waals surface area contributed by atoms with Gasteiger partial charge in [-0.25, -0.2) is 13.8 Å². The van der Waals surface area contributed by atoms with E-state index in [0.717, 1.165) is 22.4 Å². The number of hydrogen-bond acceptors (Lipinski definition) is 5. The van der Waals surface area contributed by atoms with E-state index in [1.54, 1.807) is 29.2 Å². The summed E-state index contributed by atoms with van der Waals surface area (Å²) in [5.41, 5.74) is -0.164. The third-order valence-corrected chi connectivity index (χ3v) is 5.92. The van der Waals surface area contributed by atoms with Gasteiger partial charge in [-0.2, -0.15) is 0 Å². The Morgan fingerprint density at radius 3 is 2.58 bits per heavy atom. The second-order valence-corrected chi connectivity index (χ2v) is 8.44. The molecule has 0 N–H and O–H groups in total. The molecule has 0 spiro atoms. The maximum absolute atomic E-state index is 14.5. The van der Waals surface area contributed by atoms with Crippen molar-refractivity contribution in [3.05, 3.63) is 64.5 Å². The number of rotatable bonds is 4. The molecule has 9 heteroatoms. The van der Waals surface area contributed by atoms with E-state index < -0.39 is 17.2 Å². The minimum absolute atomic E-state index is 0.0209. The van der Waals surface area contributed by atoms with E-state index in [1.165, 1.54) is 6.07 Å². The highest BCUT2D eigenvalue weighted by molar-refractivity contribution is 7.99. The molecule has 0 radical (unpaired) electrons. The fourth-order valence-corrected chi connectivity index (χ4v) is 4.59. The standard InChI is InChI=1S/C22H21F2N3O3S/c1-13-10-26(11-14(2)30-13)20(28)12-31-22-25-18-6-4-3-5-16(18)21(29)27(22)19-8-7-15(23)9-17(19)24/h3-9,13-14H,10-12H2,1-2H3. The number of ether oxygens (including phenoxy) is 1. The summed E-state index contributed by atoms with van der Waals surface area (Å²) in [7, 11) is 0. The summed E-state index contributed by atoms with van der Waals surface area (Å²) in [4.78, 5) is 32.1. The van der Waals surface area contributed by atoms with Gasteiger partial charge in [-0.3, -0.25) is 14.2 Å². The van der Waals surface area contributed by atoms with Crippen molar-refractivity contribution in [2.75, 3.05) is 18.8 Å². The topological polar surface area (TPSA) is 64.4 Å². The van der Waals surface area contributed by atoms with Crippen LogP contribution in [0.4, 0.5) is 8.78 Å². The summed E-state index contributed by atoms with van der Waals surface area (Å²) < 4.78 is 34.7. The Morgan fingerprint density at radius 1 is 1.16 bits per heavy atom. The summed E-state index contributed by atoms with van der Waals surface area (Å²) in [6.07, 6.45) is -0.133. The quantitative estimate of drug-likeness (QED) is 0.455. The SMILES string of the molecule is CC1CN(C(=O)CSc2nc3ccccc3c(=O)n2-c2ccc(F)cc2F)CC(C)O1. The number of thioether (sulfide) groups is 1. The van der Waals surface area contributed by atoms with Gasteiger partial charge in [-0.05, 0) is 38.1 Å². The van der Waals surface area contributed by atoms with Crippen molar-refractivity contribution in [2.24, 2.45) is 0 Å². The van der Waals surface area contributed by atoms with Crippen LogP contribution in [0.2, 0.25) is 0 Å². The van der Waals surface area contributed by atoms with Crippen molar-refractivity contribution < 1.29 is 18.3 Å².